The smallest absolute Gasteiger partial charge is 0.244 e. The first-order valence-electron chi connectivity index (χ1n) is 9.34. The molecule has 1 atom stereocenters. The highest BCUT2D eigenvalue weighted by Gasteiger charge is 2.32. The molecule has 1 amide bonds. The second-order valence-electron chi connectivity index (χ2n) is 7.65. The molecule has 6 nitrogen and oxygen atoms in total. The quantitative estimate of drug-likeness (QED) is 0.830. The van der Waals surface area contributed by atoms with Crippen molar-refractivity contribution in [3.8, 4) is 0 Å². The predicted octanol–water partition coefficient (Wildman–Crippen LogP) is 2.35. The number of hydrogen-bond acceptors (Lipinski definition) is 5. The van der Waals surface area contributed by atoms with Crippen LogP contribution in [0.15, 0.2) is 24.3 Å². The Morgan fingerprint density at radius 3 is 2.44 bits per heavy atom. The number of aromatic nitrogens is 2. The van der Waals surface area contributed by atoms with E-state index in [9.17, 15) is 4.79 Å². The van der Waals surface area contributed by atoms with Crippen LogP contribution in [0.1, 0.15) is 34.3 Å². The maximum atomic E-state index is 13.4. The third kappa shape index (κ3) is 3.81. The third-order valence-corrected chi connectivity index (χ3v) is 5.12. The molecule has 0 aliphatic carbocycles. The van der Waals surface area contributed by atoms with Crippen molar-refractivity contribution in [2.24, 2.45) is 0 Å². The average Bonchev–Trinajstić information content (AvgIpc) is 2.61. The number of nitrogens with zero attached hydrogens (tertiary/aromatic N) is 5. The van der Waals surface area contributed by atoms with Gasteiger partial charge in [-0.15, -0.1) is 0 Å². The van der Waals surface area contributed by atoms with Crippen LogP contribution in [-0.4, -0.2) is 60.4 Å². The number of rotatable bonds is 4. The van der Waals surface area contributed by atoms with E-state index in [1.807, 2.05) is 68.0 Å². The molecular formula is C21H29N5O. The van der Waals surface area contributed by atoms with Crippen LogP contribution >= 0.6 is 0 Å². The zero-order valence-corrected chi connectivity index (χ0v) is 17.2. The van der Waals surface area contributed by atoms with Crippen LogP contribution in [0.4, 0.5) is 5.82 Å². The van der Waals surface area contributed by atoms with Crippen LogP contribution in [0.25, 0.3) is 0 Å². The van der Waals surface area contributed by atoms with E-state index in [4.69, 9.17) is 0 Å². The minimum Gasteiger partial charge on any atom is -0.362 e. The summed E-state index contributed by atoms with van der Waals surface area (Å²) in [5, 5.41) is 0. The topological polar surface area (TPSA) is 52.6 Å². The zero-order chi connectivity index (χ0) is 19.7. The summed E-state index contributed by atoms with van der Waals surface area (Å²) in [5.41, 5.74) is 4.32. The normalized spacial score (nSPS) is 14.9. The molecule has 1 aliphatic heterocycles. The molecule has 0 spiro atoms. The van der Waals surface area contributed by atoms with Gasteiger partial charge in [0.25, 0.3) is 0 Å². The highest BCUT2D eigenvalue weighted by molar-refractivity contribution is 5.84. The van der Waals surface area contributed by atoms with E-state index >= 15 is 0 Å². The van der Waals surface area contributed by atoms with E-state index in [2.05, 4.69) is 23.0 Å². The Morgan fingerprint density at radius 1 is 1.11 bits per heavy atom. The second kappa shape index (κ2) is 7.64. The number of fused-ring (bicyclic) bond motifs is 1. The molecule has 0 saturated carbocycles. The molecule has 6 heteroatoms. The van der Waals surface area contributed by atoms with Gasteiger partial charge in [0.1, 0.15) is 17.7 Å². The summed E-state index contributed by atoms with van der Waals surface area (Å²) in [4.78, 5) is 28.6. The summed E-state index contributed by atoms with van der Waals surface area (Å²) in [6, 6.07) is 7.83. The zero-order valence-electron chi connectivity index (χ0n) is 17.2. The fourth-order valence-corrected chi connectivity index (χ4v) is 3.79. The Kier molecular flexibility index (Phi) is 5.46. The Morgan fingerprint density at radius 2 is 1.81 bits per heavy atom. The van der Waals surface area contributed by atoms with E-state index in [1.54, 1.807) is 0 Å². The minimum absolute atomic E-state index is 0.127. The molecule has 3 rings (SSSR count). The number of likely N-dealkylation sites (N-methyl/N-ethyl adjacent to an activating group) is 1. The first-order valence-corrected chi connectivity index (χ1v) is 9.34. The molecule has 1 aliphatic rings. The maximum absolute atomic E-state index is 13.4. The molecule has 0 fully saturated rings. The van der Waals surface area contributed by atoms with E-state index in [1.165, 1.54) is 0 Å². The molecule has 144 valence electrons. The van der Waals surface area contributed by atoms with Crippen molar-refractivity contribution in [3.05, 3.63) is 52.5 Å². The molecule has 27 heavy (non-hydrogen) atoms. The van der Waals surface area contributed by atoms with Gasteiger partial charge in [0.05, 0.1) is 12.2 Å². The van der Waals surface area contributed by atoms with Crippen LogP contribution in [0.3, 0.4) is 0 Å². The van der Waals surface area contributed by atoms with Gasteiger partial charge in [0.15, 0.2) is 0 Å². The van der Waals surface area contributed by atoms with Crippen LogP contribution in [0, 0.1) is 13.8 Å². The van der Waals surface area contributed by atoms with Crippen molar-refractivity contribution < 1.29 is 4.79 Å². The van der Waals surface area contributed by atoms with E-state index in [-0.39, 0.29) is 11.9 Å². The number of anilines is 1. The summed E-state index contributed by atoms with van der Waals surface area (Å²) in [6.45, 7) is 5.19. The molecule has 1 aromatic carbocycles. The van der Waals surface area contributed by atoms with Crippen molar-refractivity contribution in [3.63, 3.8) is 0 Å². The first kappa shape index (κ1) is 19.3. The molecule has 0 N–H and O–H groups in total. The van der Waals surface area contributed by atoms with Crippen molar-refractivity contribution in [2.45, 2.75) is 32.9 Å². The van der Waals surface area contributed by atoms with Gasteiger partial charge in [-0.25, -0.2) is 9.97 Å². The number of amides is 1. The third-order valence-electron chi connectivity index (χ3n) is 5.12. The lowest BCUT2D eigenvalue weighted by atomic mass is 9.97. The molecular weight excluding hydrogens is 338 g/mol. The number of aryl methyl sites for hydroxylation is 2. The molecule has 0 bridgehead atoms. The lowest BCUT2D eigenvalue weighted by Crippen LogP contribution is -2.43. The summed E-state index contributed by atoms with van der Waals surface area (Å²) >= 11 is 0. The molecule has 2 heterocycles. The van der Waals surface area contributed by atoms with E-state index in [0.717, 1.165) is 40.4 Å². The number of benzene rings is 1. The van der Waals surface area contributed by atoms with Crippen molar-refractivity contribution >= 4 is 11.7 Å². The standard InChI is InChI=1S/C21H29N5O/c1-14-9-7-8-10-16(14)19(24(3)4)21(27)26-12-11-17-18(13-26)22-15(2)23-20(17)25(5)6/h7-10,19H,11-13H2,1-6H3/t19-/m1/s1. The monoisotopic (exact) mass is 367 g/mol. The SMILES string of the molecule is Cc1nc2c(c(N(C)C)n1)CCN(C(=O)[C@@H](c1ccccc1C)N(C)C)C2. The van der Waals surface area contributed by atoms with Crippen molar-refractivity contribution in [1.29, 1.82) is 0 Å². The van der Waals surface area contributed by atoms with Crippen LogP contribution in [-0.2, 0) is 17.8 Å². The fourth-order valence-electron chi connectivity index (χ4n) is 3.79. The van der Waals surface area contributed by atoms with Crippen LogP contribution in [0.5, 0.6) is 0 Å². The van der Waals surface area contributed by atoms with Crippen LogP contribution in [0.2, 0.25) is 0 Å². The van der Waals surface area contributed by atoms with Crippen LogP contribution < -0.4 is 4.90 Å². The van der Waals surface area contributed by atoms with Gasteiger partial charge in [-0.05, 0) is 45.5 Å². The van der Waals surface area contributed by atoms with Gasteiger partial charge < -0.3 is 9.80 Å². The lowest BCUT2D eigenvalue weighted by Gasteiger charge is -2.35. The summed E-state index contributed by atoms with van der Waals surface area (Å²) in [7, 11) is 7.92. The Labute approximate surface area is 161 Å². The molecule has 0 radical (unpaired) electrons. The molecule has 0 unspecified atom stereocenters. The van der Waals surface area contributed by atoms with Gasteiger partial charge in [-0.1, -0.05) is 24.3 Å². The first-order chi connectivity index (χ1) is 12.8. The Hall–Kier alpha value is -2.47. The second-order valence-corrected chi connectivity index (χ2v) is 7.65. The van der Waals surface area contributed by atoms with E-state index in [0.29, 0.717) is 13.1 Å². The Bertz CT molecular complexity index is 846. The van der Waals surface area contributed by atoms with Crippen molar-refractivity contribution in [1.82, 2.24) is 19.8 Å². The summed E-state index contributed by atoms with van der Waals surface area (Å²) < 4.78 is 0. The molecule has 1 aromatic heterocycles. The lowest BCUT2D eigenvalue weighted by molar-refractivity contribution is -0.137. The van der Waals surface area contributed by atoms with Gasteiger partial charge in [-0.2, -0.15) is 0 Å². The van der Waals surface area contributed by atoms with Gasteiger partial charge in [0.2, 0.25) is 5.91 Å². The van der Waals surface area contributed by atoms with E-state index < -0.39 is 0 Å². The Balaban J connectivity index is 1.92. The highest BCUT2D eigenvalue weighted by atomic mass is 16.2. The van der Waals surface area contributed by atoms with Gasteiger partial charge >= 0.3 is 0 Å². The highest BCUT2D eigenvalue weighted by Crippen LogP contribution is 2.29. The van der Waals surface area contributed by atoms with Gasteiger partial charge in [-0.3, -0.25) is 9.69 Å². The maximum Gasteiger partial charge on any atom is 0.244 e. The summed E-state index contributed by atoms with van der Waals surface area (Å²) in [5.74, 6) is 1.84. The fraction of sp³-hybridized carbons (Fsp3) is 0.476. The largest absolute Gasteiger partial charge is 0.362 e. The van der Waals surface area contributed by atoms with Crippen molar-refractivity contribution in [2.75, 3.05) is 39.6 Å². The van der Waals surface area contributed by atoms with Gasteiger partial charge in [0, 0.05) is 26.2 Å². The average molecular weight is 367 g/mol. The predicted molar refractivity (Wildman–Crippen MR) is 108 cm³/mol. The minimum atomic E-state index is -0.288. The molecule has 0 saturated heterocycles. The molecule has 2 aromatic rings. The summed E-state index contributed by atoms with van der Waals surface area (Å²) in [6.07, 6.45) is 0.781. The number of carbonyl (C=O) groups excluding carboxylic acids is 1. The number of carbonyl (C=O) groups is 1. The number of hydrogen-bond donors (Lipinski definition) is 0.